The van der Waals surface area contributed by atoms with Gasteiger partial charge >= 0.3 is 0 Å². The first-order chi connectivity index (χ1) is 12.1. The second-order valence-corrected chi connectivity index (χ2v) is 6.01. The molecule has 0 aromatic heterocycles. The van der Waals surface area contributed by atoms with Gasteiger partial charge in [-0.15, -0.1) is 0 Å². The third-order valence-electron chi connectivity index (χ3n) is 4.34. The van der Waals surface area contributed by atoms with Gasteiger partial charge in [0.05, 0.1) is 0 Å². The molecule has 2 aromatic carbocycles. The standard InChI is InChI=1S/C19H21F2N3O/c20-17-7-6-15(14-18(17)21)22-9-8-19(25)24-12-10-23(11-13-24)16-4-2-1-3-5-16/h1-7,14,22H,8-13H2. The second-order valence-electron chi connectivity index (χ2n) is 6.01. The number of nitrogens with one attached hydrogen (secondary N) is 1. The molecule has 3 rings (SSSR count). The highest BCUT2D eigenvalue weighted by molar-refractivity contribution is 5.77. The Morgan fingerprint density at radius 2 is 1.68 bits per heavy atom. The lowest BCUT2D eigenvalue weighted by molar-refractivity contribution is -0.131. The number of para-hydroxylation sites is 1. The van der Waals surface area contributed by atoms with Crippen molar-refractivity contribution < 1.29 is 13.6 Å². The Hall–Kier alpha value is -2.63. The molecule has 1 amide bonds. The van der Waals surface area contributed by atoms with Crippen molar-refractivity contribution in [2.75, 3.05) is 42.9 Å². The van der Waals surface area contributed by atoms with E-state index in [-0.39, 0.29) is 5.91 Å². The lowest BCUT2D eigenvalue weighted by atomic mass is 10.2. The summed E-state index contributed by atoms with van der Waals surface area (Å²) in [6.07, 6.45) is 0.324. The minimum absolute atomic E-state index is 0.0720. The molecule has 0 aliphatic carbocycles. The summed E-state index contributed by atoms with van der Waals surface area (Å²) in [6, 6.07) is 13.8. The molecule has 0 bridgehead atoms. The number of amides is 1. The molecule has 2 aromatic rings. The first-order valence-corrected chi connectivity index (χ1v) is 8.40. The van der Waals surface area contributed by atoms with Crippen LogP contribution >= 0.6 is 0 Å². The molecule has 1 saturated heterocycles. The van der Waals surface area contributed by atoms with Gasteiger partial charge in [0.1, 0.15) is 0 Å². The summed E-state index contributed by atoms with van der Waals surface area (Å²) in [5.74, 6) is -1.70. The third kappa shape index (κ3) is 4.47. The predicted molar refractivity (Wildman–Crippen MR) is 94.7 cm³/mol. The number of benzene rings is 2. The van der Waals surface area contributed by atoms with Gasteiger partial charge in [0, 0.05) is 50.5 Å². The summed E-state index contributed by atoms with van der Waals surface area (Å²) in [5, 5.41) is 2.95. The topological polar surface area (TPSA) is 35.6 Å². The van der Waals surface area contributed by atoms with E-state index in [1.807, 2.05) is 23.1 Å². The average molecular weight is 345 g/mol. The van der Waals surface area contributed by atoms with Crippen LogP contribution in [0.1, 0.15) is 6.42 Å². The number of rotatable bonds is 5. The van der Waals surface area contributed by atoms with E-state index >= 15 is 0 Å². The van der Waals surface area contributed by atoms with Crippen molar-refractivity contribution in [1.82, 2.24) is 4.90 Å². The zero-order valence-electron chi connectivity index (χ0n) is 13.9. The van der Waals surface area contributed by atoms with Gasteiger partial charge in [0.15, 0.2) is 11.6 Å². The molecule has 132 valence electrons. The second kappa shape index (κ2) is 7.96. The van der Waals surface area contributed by atoms with Crippen molar-refractivity contribution in [1.29, 1.82) is 0 Å². The minimum Gasteiger partial charge on any atom is -0.384 e. The van der Waals surface area contributed by atoms with Gasteiger partial charge < -0.3 is 15.1 Å². The highest BCUT2D eigenvalue weighted by Gasteiger charge is 2.20. The van der Waals surface area contributed by atoms with Crippen molar-refractivity contribution in [3.8, 4) is 0 Å². The summed E-state index contributed by atoms with van der Waals surface area (Å²) in [7, 11) is 0. The number of nitrogens with zero attached hydrogens (tertiary/aromatic N) is 2. The Balaban J connectivity index is 1.43. The first-order valence-electron chi connectivity index (χ1n) is 8.40. The predicted octanol–water partition coefficient (Wildman–Crippen LogP) is 3.12. The Labute approximate surface area is 146 Å². The van der Waals surface area contributed by atoms with Crippen LogP contribution in [-0.4, -0.2) is 43.5 Å². The maximum Gasteiger partial charge on any atom is 0.224 e. The van der Waals surface area contributed by atoms with Crippen LogP contribution in [0.25, 0.3) is 0 Å². The number of halogens is 2. The van der Waals surface area contributed by atoms with Gasteiger partial charge in [-0.25, -0.2) is 8.78 Å². The van der Waals surface area contributed by atoms with E-state index in [9.17, 15) is 13.6 Å². The lowest BCUT2D eigenvalue weighted by Gasteiger charge is -2.36. The van der Waals surface area contributed by atoms with Crippen molar-refractivity contribution in [2.24, 2.45) is 0 Å². The van der Waals surface area contributed by atoms with Crippen molar-refractivity contribution in [3.05, 3.63) is 60.2 Å². The van der Waals surface area contributed by atoms with Gasteiger partial charge in [-0.05, 0) is 30.3 Å². The number of carbonyl (C=O) groups excluding carboxylic acids is 1. The van der Waals surface area contributed by atoms with E-state index in [1.54, 1.807) is 0 Å². The third-order valence-corrected chi connectivity index (χ3v) is 4.34. The highest BCUT2D eigenvalue weighted by Crippen LogP contribution is 2.16. The Bertz CT molecular complexity index is 716. The highest BCUT2D eigenvalue weighted by atomic mass is 19.2. The van der Waals surface area contributed by atoms with E-state index in [0.717, 1.165) is 25.2 Å². The first kappa shape index (κ1) is 17.2. The van der Waals surface area contributed by atoms with Crippen LogP contribution in [0.15, 0.2) is 48.5 Å². The van der Waals surface area contributed by atoms with Gasteiger partial charge in [-0.1, -0.05) is 18.2 Å². The van der Waals surface area contributed by atoms with Crippen molar-refractivity contribution in [3.63, 3.8) is 0 Å². The van der Waals surface area contributed by atoms with Gasteiger partial charge in [0.25, 0.3) is 0 Å². The summed E-state index contributed by atoms with van der Waals surface area (Å²) in [5.41, 5.74) is 1.65. The number of hydrogen-bond donors (Lipinski definition) is 1. The molecule has 1 heterocycles. The number of carbonyl (C=O) groups is 1. The SMILES string of the molecule is O=C(CCNc1ccc(F)c(F)c1)N1CCN(c2ccccc2)CC1. The fourth-order valence-corrected chi connectivity index (χ4v) is 2.93. The Kier molecular flexibility index (Phi) is 5.48. The summed E-state index contributed by atoms with van der Waals surface area (Å²) in [4.78, 5) is 16.4. The van der Waals surface area contributed by atoms with Crippen molar-refractivity contribution >= 4 is 17.3 Å². The molecule has 0 saturated carbocycles. The van der Waals surface area contributed by atoms with E-state index in [1.165, 1.54) is 11.8 Å². The van der Waals surface area contributed by atoms with Crippen LogP contribution < -0.4 is 10.2 Å². The smallest absolute Gasteiger partial charge is 0.224 e. The summed E-state index contributed by atoms with van der Waals surface area (Å²) >= 11 is 0. The molecular formula is C19H21F2N3O. The zero-order valence-corrected chi connectivity index (χ0v) is 13.9. The molecular weight excluding hydrogens is 324 g/mol. The van der Waals surface area contributed by atoms with Crippen LogP contribution in [0.4, 0.5) is 20.2 Å². The Morgan fingerprint density at radius 3 is 2.36 bits per heavy atom. The monoisotopic (exact) mass is 345 g/mol. The molecule has 1 aliphatic heterocycles. The Morgan fingerprint density at radius 1 is 0.960 bits per heavy atom. The van der Waals surface area contributed by atoms with E-state index in [4.69, 9.17) is 0 Å². The largest absolute Gasteiger partial charge is 0.384 e. The van der Waals surface area contributed by atoms with Crippen LogP contribution in [0.2, 0.25) is 0 Å². The number of anilines is 2. The fourth-order valence-electron chi connectivity index (χ4n) is 2.93. The summed E-state index contributed by atoms with van der Waals surface area (Å²) in [6.45, 7) is 3.40. The number of hydrogen-bond acceptors (Lipinski definition) is 3. The molecule has 1 N–H and O–H groups in total. The molecule has 4 nitrogen and oxygen atoms in total. The van der Waals surface area contributed by atoms with E-state index in [2.05, 4.69) is 22.3 Å². The van der Waals surface area contributed by atoms with Gasteiger partial charge in [-0.3, -0.25) is 4.79 Å². The quantitative estimate of drug-likeness (QED) is 0.904. The molecule has 0 unspecified atom stereocenters. The normalized spacial score (nSPS) is 14.5. The van der Waals surface area contributed by atoms with Crippen LogP contribution in [-0.2, 0) is 4.79 Å². The molecule has 6 heteroatoms. The zero-order chi connectivity index (χ0) is 17.6. The molecule has 0 atom stereocenters. The van der Waals surface area contributed by atoms with E-state index < -0.39 is 11.6 Å². The van der Waals surface area contributed by atoms with Crippen LogP contribution in [0.3, 0.4) is 0 Å². The molecule has 0 spiro atoms. The van der Waals surface area contributed by atoms with E-state index in [0.29, 0.717) is 31.7 Å². The minimum atomic E-state index is -0.895. The van der Waals surface area contributed by atoms with Crippen molar-refractivity contribution in [2.45, 2.75) is 6.42 Å². The molecule has 1 aliphatic rings. The lowest BCUT2D eigenvalue weighted by Crippen LogP contribution is -2.49. The molecule has 25 heavy (non-hydrogen) atoms. The molecule has 1 fully saturated rings. The number of piperazine rings is 1. The summed E-state index contributed by atoms with van der Waals surface area (Å²) < 4.78 is 26.0. The fraction of sp³-hybridized carbons (Fsp3) is 0.316. The maximum atomic E-state index is 13.1. The van der Waals surface area contributed by atoms with Gasteiger partial charge in [0.2, 0.25) is 5.91 Å². The average Bonchev–Trinajstić information content (AvgIpc) is 2.65. The maximum absolute atomic E-state index is 13.1. The van der Waals surface area contributed by atoms with Crippen LogP contribution in [0, 0.1) is 11.6 Å². The van der Waals surface area contributed by atoms with Crippen LogP contribution in [0.5, 0.6) is 0 Å². The molecule has 0 radical (unpaired) electrons. The van der Waals surface area contributed by atoms with Gasteiger partial charge in [-0.2, -0.15) is 0 Å².